The van der Waals surface area contributed by atoms with Crippen molar-refractivity contribution in [2.24, 2.45) is 0 Å². The predicted octanol–water partition coefficient (Wildman–Crippen LogP) is 8.14. The normalized spacial score (nSPS) is 11.0. The van der Waals surface area contributed by atoms with E-state index in [9.17, 15) is 4.79 Å². The Hall–Kier alpha value is -4.70. The zero-order valence-corrected chi connectivity index (χ0v) is 24.6. The molecule has 5 rings (SSSR count). The fraction of sp³-hybridized carbons (Fsp3) is 0.114. The molecule has 0 bridgehead atoms. The van der Waals surface area contributed by atoms with E-state index in [1.165, 1.54) is 11.3 Å². The van der Waals surface area contributed by atoms with Gasteiger partial charge in [-0.3, -0.25) is 4.79 Å². The summed E-state index contributed by atoms with van der Waals surface area (Å²) >= 11 is 7.81. The maximum atomic E-state index is 13.9. The van der Waals surface area contributed by atoms with Crippen molar-refractivity contribution >= 4 is 39.1 Å². The smallest absolute Gasteiger partial charge is 0.195 e. The second kappa shape index (κ2) is 13.8. The molecule has 0 aliphatic rings. The van der Waals surface area contributed by atoms with Gasteiger partial charge in [0, 0.05) is 31.1 Å². The molecule has 42 heavy (non-hydrogen) atoms. The number of rotatable bonds is 9. The molecule has 0 aliphatic heterocycles. The molecule has 0 atom stereocenters. The molecule has 0 spiro atoms. The van der Waals surface area contributed by atoms with Crippen LogP contribution >= 0.6 is 22.9 Å². The van der Waals surface area contributed by atoms with E-state index in [1.54, 1.807) is 26.4 Å². The summed E-state index contributed by atoms with van der Waals surface area (Å²) in [6.45, 7) is 0.297. The number of methoxy groups -OCH3 is 2. The van der Waals surface area contributed by atoms with Crippen molar-refractivity contribution in [3.8, 4) is 45.3 Å². The Morgan fingerprint density at radius 2 is 1.43 bits per heavy atom. The van der Waals surface area contributed by atoms with Gasteiger partial charge in [-0.25, -0.2) is 0 Å². The first-order valence-electron chi connectivity index (χ1n) is 13.1. The number of halogens is 1. The van der Waals surface area contributed by atoms with Gasteiger partial charge in [0.15, 0.2) is 5.43 Å². The summed E-state index contributed by atoms with van der Waals surface area (Å²) in [7, 11) is 3.23. The minimum absolute atomic E-state index is 0.122. The highest BCUT2D eigenvalue weighted by Crippen LogP contribution is 2.33. The van der Waals surface area contributed by atoms with E-state index < -0.39 is 0 Å². The maximum absolute atomic E-state index is 13.9. The van der Waals surface area contributed by atoms with Crippen molar-refractivity contribution in [3.05, 3.63) is 123 Å². The zero-order valence-electron chi connectivity index (χ0n) is 23.1. The summed E-state index contributed by atoms with van der Waals surface area (Å²) in [5, 5.41) is 1.07. The van der Waals surface area contributed by atoms with Crippen molar-refractivity contribution < 1.29 is 18.9 Å². The Bertz CT molecular complexity index is 1820. The highest BCUT2D eigenvalue weighted by Gasteiger charge is 2.14. The van der Waals surface area contributed by atoms with Crippen molar-refractivity contribution in [1.82, 2.24) is 0 Å². The molecule has 0 amide bonds. The lowest BCUT2D eigenvalue weighted by atomic mass is 10.0. The summed E-state index contributed by atoms with van der Waals surface area (Å²) in [5.41, 5.74) is 1.96. The van der Waals surface area contributed by atoms with Crippen molar-refractivity contribution in [3.63, 3.8) is 0 Å². The van der Waals surface area contributed by atoms with E-state index in [0.717, 1.165) is 26.6 Å². The third-order valence-corrected chi connectivity index (χ3v) is 7.79. The largest absolute Gasteiger partial charge is 0.497 e. The third kappa shape index (κ3) is 7.13. The molecule has 210 valence electrons. The van der Waals surface area contributed by atoms with Gasteiger partial charge in [0.1, 0.15) is 36.2 Å². The van der Waals surface area contributed by atoms with Crippen LogP contribution in [0.3, 0.4) is 0 Å². The Morgan fingerprint density at radius 1 is 0.810 bits per heavy atom. The lowest BCUT2D eigenvalue weighted by Gasteiger charge is -2.10. The summed E-state index contributed by atoms with van der Waals surface area (Å²) in [4.78, 5) is 14.7. The average Bonchev–Trinajstić information content (AvgIpc) is 3.04. The van der Waals surface area contributed by atoms with Crippen LogP contribution in [0.2, 0.25) is 5.02 Å². The lowest BCUT2D eigenvalue weighted by molar-refractivity contribution is 0.355. The molecule has 5 aromatic rings. The highest BCUT2D eigenvalue weighted by atomic mass is 35.5. The second-order valence-corrected chi connectivity index (χ2v) is 10.6. The third-order valence-electron chi connectivity index (χ3n) is 6.32. The van der Waals surface area contributed by atoms with Crippen molar-refractivity contribution in [1.29, 1.82) is 0 Å². The van der Waals surface area contributed by atoms with Gasteiger partial charge in [-0.15, -0.1) is 11.3 Å². The number of hydrogen-bond acceptors (Lipinski definition) is 6. The van der Waals surface area contributed by atoms with Gasteiger partial charge in [-0.05, 0) is 78.4 Å². The molecule has 1 heterocycles. The van der Waals surface area contributed by atoms with E-state index >= 15 is 0 Å². The molecule has 0 unspecified atom stereocenters. The molecular weight excluding hydrogens is 568 g/mol. The average molecular weight is 595 g/mol. The SMILES string of the molecule is COc1ccc(OCC#C/C(=C\c2c(-c3ccccc3)sc3ccc(Cl)cc3c2=O)COc2ccc(OC)cc2)cc1. The standard InChI is InChI=1S/C35H27ClO5S/c1-38-27-11-15-29(16-12-27)40-20-6-7-24(23-41-30-17-13-28(39-2)14-18-30)21-32-34(37)31-22-26(36)10-19-33(31)42-35(32)25-8-4-3-5-9-25/h3-5,8-19,21-22H,20,23H2,1-2H3/b24-21+. The fourth-order valence-corrected chi connectivity index (χ4v) is 5.48. The minimum Gasteiger partial charge on any atom is -0.497 e. The van der Waals surface area contributed by atoms with Gasteiger partial charge < -0.3 is 18.9 Å². The maximum Gasteiger partial charge on any atom is 0.195 e. The zero-order chi connectivity index (χ0) is 29.3. The lowest BCUT2D eigenvalue weighted by Crippen LogP contribution is -2.08. The Morgan fingerprint density at radius 3 is 2.07 bits per heavy atom. The molecular formula is C35H27ClO5S. The summed E-state index contributed by atoms with van der Waals surface area (Å²) in [6, 6.07) is 29.8. The van der Waals surface area contributed by atoms with Crippen LogP contribution in [0.25, 0.3) is 26.6 Å². The predicted molar refractivity (Wildman–Crippen MR) is 171 cm³/mol. The Labute approximate surface area is 253 Å². The van der Waals surface area contributed by atoms with Gasteiger partial charge in [0.2, 0.25) is 0 Å². The van der Waals surface area contributed by atoms with Gasteiger partial charge in [-0.2, -0.15) is 0 Å². The summed E-state index contributed by atoms with van der Waals surface area (Å²) in [6.07, 6.45) is 1.81. The van der Waals surface area contributed by atoms with Crippen LogP contribution < -0.4 is 24.4 Å². The molecule has 7 heteroatoms. The molecule has 1 aromatic heterocycles. The highest BCUT2D eigenvalue weighted by molar-refractivity contribution is 7.21. The minimum atomic E-state index is -0.122. The molecule has 0 saturated heterocycles. The first kappa shape index (κ1) is 28.8. The molecule has 0 radical (unpaired) electrons. The van der Waals surface area contributed by atoms with Gasteiger partial charge in [-0.1, -0.05) is 53.8 Å². The van der Waals surface area contributed by atoms with Gasteiger partial charge >= 0.3 is 0 Å². The summed E-state index contributed by atoms with van der Waals surface area (Å²) in [5.74, 6) is 9.04. The number of benzene rings is 4. The quantitative estimate of drug-likeness (QED) is 0.161. The van der Waals surface area contributed by atoms with Crippen LogP contribution in [0.4, 0.5) is 0 Å². The molecule has 0 N–H and O–H groups in total. The van der Waals surface area contributed by atoms with Crippen molar-refractivity contribution in [2.45, 2.75) is 0 Å². The van der Waals surface area contributed by atoms with E-state index in [0.29, 0.717) is 33.0 Å². The Kier molecular flexibility index (Phi) is 9.45. The van der Waals surface area contributed by atoms with Crippen LogP contribution in [-0.2, 0) is 0 Å². The first-order valence-corrected chi connectivity index (χ1v) is 14.3. The first-order chi connectivity index (χ1) is 20.5. The fourth-order valence-electron chi connectivity index (χ4n) is 4.18. The Balaban J connectivity index is 1.53. The van der Waals surface area contributed by atoms with E-state index in [2.05, 4.69) is 11.8 Å². The van der Waals surface area contributed by atoms with Crippen LogP contribution in [0.15, 0.2) is 107 Å². The topological polar surface area (TPSA) is 54.0 Å². The van der Waals surface area contributed by atoms with Crippen LogP contribution in [0, 0.1) is 11.8 Å². The molecule has 0 aliphatic carbocycles. The molecule has 4 aromatic carbocycles. The van der Waals surface area contributed by atoms with Crippen molar-refractivity contribution in [2.75, 3.05) is 27.4 Å². The second-order valence-electron chi connectivity index (χ2n) is 9.08. The van der Waals surface area contributed by atoms with Gasteiger partial charge in [0.25, 0.3) is 0 Å². The molecule has 5 nitrogen and oxygen atoms in total. The van der Waals surface area contributed by atoms with E-state index in [1.807, 2.05) is 91.0 Å². The number of ether oxygens (including phenoxy) is 4. The molecule has 0 saturated carbocycles. The number of hydrogen-bond donors (Lipinski definition) is 0. The van der Waals surface area contributed by atoms with Crippen LogP contribution in [0.1, 0.15) is 5.56 Å². The van der Waals surface area contributed by atoms with Crippen LogP contribution in [0.5, 0.6) is 23.0 Å². The van der Waals surface area contributed by atoms with Crippen LogP contribution in [-0.4, -0.2) is 27.4 Å². The summed E-state index contributed by atoms with van der Waals surface area (Å²) < 4.78 is 23.2. The monoisotopic (exact) mass is 594 g/mol. The van der Waals surface area contributed by atoms with E-state index in [-0.39, 0.29) is 18.6 Å². The molecule has 0 fully saturated rings. The number of fused-ring (bicyclic) bond motifs is 1. The van der Waals surface area contributed by atoms with E-state index in [4.69, 9.17) is 30.5 Å². The van der Waals surface area contributed by atoms with Gasteiger partial charge in [0.05, 0.1) is 14.2 Å².